The second-order valence-electron chi connectivity index (χ2n) is 4.41. The minimum atomic E-state index is -0.903. The molecule has 0 aliphatic heterocycles. The molecule has 0 spiro atoms. The van der Waals surface area contributed by atoms with Crippen LogP contribution in [0.4, 0.5) is 0 Å². The largest absolute Gasteiger partial charge is 0.385 e. The van der Waals surface area contributed by atoms with Crippen LogP contribution >= 0.6 is 15.9 Å². The van der Waals surface area contributed by atoms with Crippen molar-refractivity contribution >= 4 is 15.9 Å². The van der Waals surface area contributed by atoms with Crippen molar-refractivity contribution in [3.05, 3.63) is 52.5 Å². The Labute approximate surface area is 109 Å². The van der Waals surface area contributed by atoms with Crippen molar-refractivity contribution in [3.8, 4) is 0 Å². The summed E-state index contributed by atoms with van der Waals surface area (Å²) in [5, 5.41) is 10.5. The van der Waals surface area contributed by atoms with Crippen molar-refractivity contribution in [2.75, 3.05) is 0 Å². The smallest absolute Gasteiger partial charge is 0.111 e. The lowest BCUT2D eigenvalue weighted by molar-refractivity contribution is 0.0548. The van der Waals surface area contributed by atoms with Crippen LogP contribution in [0.2, 0.25) is 0 Å². The summed E-state index contributed by atoms with van der Waals surface area (Å²) in [7, 11) is 1.93. The zero-order valence-electron chi connectivity index (χ0n) is 9.89. The molecule has 0 bridgehead atoms. The van der Waals surface area contributed by atoms with Gasteiger partial charge in [-0.15, -0.1) is 0 Å². The van der Waals surface area contributed by atoms with Crippen LogP contribution in [0.25, 0.3) is 0 Å². The van der Waals surface area contributed by atoms with E-state index in [-0.39, 0.29) is 0 Å². The summed E-state index contributed by atoms with van der Waals surface area (Å²) in [5.41, 5.74) is -0.0106. The van der Waals surface area contributed by atoms with Crippen LogP contribution in [-0.2, 0) is 19.1 Å². The lowest BCUT2D eigenvalue weighted by Crippen LogP contribution is -2.25. The summed E-state index contributed by atoms with van der Waals surface area (Å²) in [6.45, 7) is 1.81. The summed E-state index contributed by atoms with van der Waals surface area (Å²) >= 11 is 3.39. The van der Waals surface area contributed by atoms with E-state index in [0.717, 1.165) is 15.9 Å². The number of aryl methyl sites for hydroxylation is 1. The molecule has 3 nitrogen and oxygen atoms in total. The fraction of sp³-hybridized carbons (Fsp3) is 0.308. The predicted molar refractivity (Wildman–Crippen MR) is 70.6 cm³/mol. The molecule has 4 heteroatoms. The molecule has 0 fully saturated rings. The summed E-state index contributed by atoms with van der Waals surface area (Å²) in [6.07, 6.45) is 4.12. The van der Waals surface area contributed by atoms with E-state index in [0.29, 0.717) is 6.42 Å². The summed E-state index contributed by atoms with van der Waals surface area (Å²) < 4.78 is 2.93. The highest BCUT2D eigenvalue weighted by molar-refractivity contribution is 9.10. The Balaban J connectivity index is 2.24. The Morgan fingerprint density at radius 1 is 1.35 bits per heavy atom. The highest BCUT2D eigenvalue weighted by Gasteiger charge is 2.25. The van der Waals surface area contributed by atoms with Crippen LogP contribution in [0.15, 0.2) is 41.1 Å². The first-order valence-electron chi connectivity index (χ1n) is 5.44. The Kier molecular flexibility index (Phi) is 3.35. The van der Waals surface area contributed by atoms with Gasteiger partial charge in [0.1, 0.15) is 5.82 Å². The SMILES string of the molecule is Cn1ccnc1CC(C)(O)c1ccc(Br)cc1. The van der Waals surface area contributed by atoms with Crippen molar-refractivity contribution < 1.29 is 5.11 Å². The molecule has 1 unspecified atom stereocenters. The Morgan fingerprint density at radius 3 is 2.53 bits per heavy atom. The van der Waals surface area contributed by atoms with E-state index in [4.69, 9.17) is 0 Å². The van der Waals surface area contributed by atoms with Crippen molar-refractivity contribution in [2.45, 2.75) is 18.9 Å². The van der Waals surface area contributed by atoms with Gasteiger partial charge in [0.25, 0.3) is 0 Å². The van der Waals surface area contributed by atoms with Crippen molar-refractivity contribution in [3.63, 3.8) is 0 Å². The molecular formula is C13H15BrN2O. The van der Waals surface area contributed by atoms with E-state index >= 15 is 0 Å². The van der Waals surface area contributed by atoms with Gasteiger partial charge in [-0.3, -0.25) is 0 Å². The molecule has 0 radical (unpaired) electrons. The summed E-state index contributed by atoms with van der Waals surface area (Å²) in [4.78, 5) is 4.24. The van der Waals surface area contributed by atoms with Gasteiger partial charge in [-0.25, -0.2) is 4.98 Å². The normalized spacial score (nSPS) is 14.6. The summed E-state index contributed by atoms with van der Waals surface area (Å²) in [5.74, 6) is 0.873. The number of rotatable bonds is 3. The van der Waals surface area contributed by atoms with Gasteiger partial charge < -0.3 is 9.67 Å². The number of aliphatic hydroxyl groups is 1. The molecule has 1 N–H and O–H groups in total. The second kappa shape index (κ2) is 4.63. The molecule has 0 saturated heterocycles. The van der Waals surface area contributed by atoms with Crippen molar-refractivity contribution in [2.24, 2.45) is 7.05 Å². The predicted octanol–water partition coefficient (Wildman–Crippen LogP) is 2.63. The number of aromatic nitrogens is 2. The molecule has 1 heterocycles. The average molecular weight is 295 g/mol. The molecule has 17 heavy (non-hydrogen) atoms. The third-order valence-corrected chi connectivity index (χ3v) is 3.42. The van der Waals surface area contributed by atoms with Gasteiger partial charge in [0.15, 0.2) is 0 Å². The van der Waals surface area contributed by atoms with Gasteiger partial charge in [0.2, 0.25) is 0 Å². The molecule has 0 aliphatic carbocycles. The van der Waals surface area contributed by atoms with E-state index in [1.54, 1.807) is 6.20 Å². The highest BCUT2D eigenvalue weighted by atomic mass is 79.9. The Hall–Kier alpha value is -1.13. The van der Waals surface area contributed by atoms with E-state index in [2.05, 4.69) is 20.9 Å². The van der Waals surface area contributed by atoms with E-state index in [9.17, 15) is 5.11 Å². The highest BCUT2D eigenvalue weighted by Crippen LogP contribution is 2.25. The maximum Gasteiger partial charge on any atom is 0.111 e. The van der Waals surface area contributed by atoms with Gasteiger partial charge in [0.05, 0.1) is 5.60 Å². The zero-order chi connectivity index (χ0) is 12.5. The standard InChI is InChI=1S/C13H15BrN2O/c1-13(17,9-12-15-7-8-16(12)2)10-3-5-11(14)6-4-10/h3-8,17H,9H2,1-2H3. The molecule has 1 aromatic carbocycles. The monoisotopic (exact) mass is 294 g/mol. The molecule has 2 rings (SSSR count). The molecule has 0 aliphatic rings. The lowest BCUT2D eigenvalue weighted by atomic mass is 9.92. The van der Waals surface area contributed by atoms with E-state index < -0.39 is 5.60 Å². The quantitative estimate of drug-likeness (QED) is 0.945. The number of hydrogen-bond acceptors (Lipinski definition) is 2. The second-order valence-corrected chi connectivity index (χ2v) is 5.33. The summed E-state index contributed by atoms with van der Waals surface area (Å²) in [6, 6.07) is 7.71. The fourth-order valence-corrected chi connectivity index (χ4v) is 2.05. The van der Waals surface area contributed by atoms with Crippen LogP contribution in [0, 0.1) is 0 Å². The van der Waals surface area contributed by atoms with E-state index in [1.165, 1.54) is 0 Å². The third kappa shape index (κ3) is 2.76. The fourth-order valence-electron chi connectivity index (χ4n) is 1.79. The van der Waals surface area contributed by atoms with Gasteiger partial charge in [0, 0.05) is 30.3 Å². The van der Waals surface area contributed by atoms with Gasteiger partial charge in [-0.05, 0) is 24.6 Å². The van der Waals surface area contributed by atoms with Crippen molar-refractivity contribution in [1.82, 2.24) is 9.55 Å². The first-order valence-corrected chi connectivity index (χ1v) is 6.23. The molecular weight excluding hydrogens is 280 g/mol. The van der Waals surface area contributed by atoms with E-state index in [1.807, 2.05) is 49.0 Å². The average Bonchev–Trinajstić information content (AvgIpc) is 2.64. The molecule has 0 saturated carbocycles. The number of benzene rings is 1. The van der Waals surface area contributed by atoms with Gasteiger partial charge in [-0.1, -0.05) is 28.1 Å². The van der Waals surface area contributed by atoms with Crippen LogP contribution < -0.4 is 0 Å². The zero-order valence-corrected chi connectivity index (χ0v) is 11.5. The Bertz CT molecular complexity index is 502. The molecule has 0 amide bonds. The van der Waals surface area contributed by atoms with Crippen molar-refractivity contribution in [1.29, 1.82) is 0 Å². The first-order chi connectivity index (χ1) is 7.99. The number of imidazole rings is 1. The number of hydrogen-bond donors (Lipinski definition) is 1. The van der Waals surface area contributed by atoms with Crippen LogP contribution in [0.1, 0.15) is 18.3 Å². The van der Waals surface area contributed by atoms with Crippen LogP contribution in [0.5, 0.6) is 0 Å². The maximum absolute atomic E-state index is 10.5. The number of nitrogens with zero attached hydrogens (tertiary/aromatic N) is 2. The molecule has 90 valence electrons. The van der Waals surface area contributed by atoms with Gasteiger partial charge in [-0.2, -0.15) is 0 Å². The maximum atomic E-state index is 10.5. The molecule has 2 aromatic rings. The topological polar surface area (TPSA) is 38.0 Å². The number of halogens is 1. The minimum absolute atomic E-state index is 0.498. The molecule has 1 atom stereocenters. The minimum Gasteiger partial charge on any atom is -0.385 e. The first kappa shape index (κ1) is 12.3. The Morgan fingerprint density at radius 2 is 2.00 bits per heavy atom. The van der Waals surface area contributed by atoms with Gasteiger partial charge >= 0.3 is 0 Å². The molecule has 1 aromatic heterocycles. The van der Waals surface area contributed by atoms with Crippen LogP contribution in [0.3, 0.4) is 0 Å². The van der Waals surface area contributed by atoms with Crippen LogP contribution in [-0.4, -0.2) is 14.7 Å². The third-order valence-electron chi connectivity index (χ3n) is 2.89. The lowest BCUT2D eigenvalue weighted by Gasteiger charge is -2.23.